The number of ether oxygens (including phenoxy) is 1. The van der Waals surface area contributed by atoms with E-state index in [1.54, 1.807) is 73.7 Å². The Balaban J connectivity index is 1.79. The number of hydrogen-bond acceptors (Lipinski definition) is 5. The van der Waals surface area contributed by atoms with Crippen molar-refractivity contribution in [2.75, 3.05) is 17.2 Å². The summed E-state index contributed by atoms with van der Waals surface area (Å²) in [6, 6.07) is 21.6. The van der Waals surface area contributed by atoms with Crippen molar-refractivity contribution in [3.05, 3.63) is 101 Å². The third kappa shape index (κ3) is 7.40. The van der Waals surface area contributed by atoms with E-state index in [0.717, 1.165) is 5.56 Å². The minimum atomic E-state index is -0.541. The summed E-state index contributed by atoms with van der Waals surface area (Å²) < 4.78 is 4.96. The lowest BCUT2D eigenvalue weighted by atomic mass is 10.1. The van der Waals surface area contributed by atoms with E-state index in [1.807, 2.05) is 18.2 Å². The van der Waals surface area contributed by atoms with E-state index in [2.05, 4.69) is 16.0 Å². The van der Waals surface area contributed by atoms with Crippen molar-refractivity contribution in [1.29, 1.82) is 0 Å². The fraction of sp³-hybridized carbons (Fsp3) is 0.111. The maximum absolute atomic E-state index is 13.0. The molecule has 0 aliphatic carbocycles. The van der Waals surface area contributed by atoms with Gasteiger partial charge in [-0.3, -0.25) is 14.4 Å². The van der Waals surface area contributed by atoms with Crippen molar-refractivity contribution in [2.24, 2.45) is 0 Å². The Kier molecular flexibility index (Phi) is 8.50. The van der Waals surface area contributed by atoms with Crippen LogP contribution in [-0.2, 0) is 14.3 Å². The van der Waals surface area contributed by atoms with Gasteiger partial charge in [0.25, 0.3) is 11.8 Å². The van der Waals surface area contributed by atoms with Crippen LogP contribution >= 0.6 is 0 Å². The average Bonchev–Trinajstić information content (AvgIpc) is 2.85. The molecule has 3 N–H and O–H groups in total. The second-order valence-corrected chi connectivity index (χ2v) is 7.43. The van der Waals surface area contributed by atoms with Crippen LogP contribution in [0.15, 0.2) is 84.6 Å². The van der Waals surface area contributed by atoms with Gasteiger partial charge in [0.1, 0.15) is 5.70 Å². The summed E-state index contributed by atoms with van der Waals surface area (Å²) in [4.78, 5) is 48.9. The number of carbonyl (C=O) groups is 4. The van der Waals surface area contributed by atoms with Crippen molar-refractivity contribution in [3.8, 4) is 0 Å². The summed E-state index contributed by atoms with van der Waals surface area (Å²) in [7, 11) is 0. The van der Waals surface area contributed by atoms with E-state index in [4.69, 9.17) is 4.74 Å². The monoisotopic (exact) mass is 471 g/mol. The Hall–Kier alpha value is -4.72. The number of anilines is 2. The third-order valence-corrected chi connectivity index (χ3v) is 4.72. The number of esters is 1. The van der Waals surface area contributed by atoms with E-state index < -0.39 is 17.8 Å². The highest BCUT2D eigenvalue weighted by molar-refractivity contribution is 6.10. The number of amides is 3. The molecular weight excluding hydrogens is 446 g/mol. The SMILES string of the molecule is CCOC(=O)c1ccc(NC(=O)C(=Cc2ccccc2)NC(=O)c2ccc(NC(C)=O)cc2)cc1. The molecule has 0 unspecified atom stereocenters. The molecule has 178 valence electrons. The largest absolute Gasteiger partial charge is 0.462 e. The van der Waals surface area contributed by atoms with E-state index in [1.165, 1.54) is 6.92 Å². The lowest BCUT2D eigenvalue weighted by Crippen LogP contribution is -2.30. The molecule has 3 rings (SSSR count). The second kappa shape index (κ2) is 11.9. The highest BCUT2D eigenvalue weighted by atomic mass is 16.5. The predicted molar refractivity (Wildman–Crippen MR) is 134 cm³/mol. The number of nitrogens with one attached hydrogen (secondary N) is 3. The van der Waals surface area contributed by atoms with Crippen molar-refractivity contribution >= 4 is 41.1 Å². The first kappa shape index (κ1) is 24.9. The van der Waals surface area contributed by atoms with E-state index in [0.29, 0.717) is 22.5 Å². The first-order chi connectivity index (χ1) is 16.9. The normalized spacial score (nSPS) is 10.7. The van der Waals surface area contributed by atoms with E-state index in [-0.39, 0.29) is 18.2 Å². The zero-order valence-electron chi connectivity index (χ0n) is 19.3. The smallest absolute Gasteiger partial charge is 0.338 e. The van der Waals surface area contributed by atoms with E-state index in [9.17, 15) is 19.2 Å². The second-order valence-electron chi connectivity index (χ2n) is 7.43. The zero-order chi connectivity index (χ0) is 25.2. The molecule has 35 heavy (non-hydrogen) atoms. The highest BCUT2D eigenvalue weighted by Gasteiger charge is 2.16. The van der Waals surface area contributed by atoms with Gasteiger partial charge in [-0.15, -0.1) is 0 Å². The molecule has 0 saturated heterocycles. The molecule has 0 heterocycles. The van der Waals surface area contributed by atoms with Gasteiger partial charge in [-0.2, -0.15) is 0 Å². The molecule has 0 aliphatic rings. The fourth-order valence-corrected chi connectivity index (χ4v) is 3.08. The minimum absolute atomic E-state index is 0.0293. The predicted octanol–water partition coefficient (Wildman–Crippen LogP) is 4.23. The fourth-order valence-electron chi connectivity index (χ4n) is 3.08. The lowest BCUT2D eigenvalue weighted by Gasteiger charge is -2.12. The summed E-state index contributed by atoms with van der Waals surface area (Å²) in [6.07, 6.45) is 1.56. The van der Waals surface area contributed by atoms with Crippen molar-refractivity contribution in [1.82, 2.24) is 5.32 Å². The van der Waals surface area contributed by atoms with Crippen LogP contribution in [0.5, 0.6) is 0 Å². The van der Waals surface area contributed by atoms with Gasteiger partial charge in [0.15, 0.2) is 0 Å². The van der Waals surface area contributed by atoms with Crippen LogP contribution in [0.2, 0.25) is 0 Å². The van der Waals surface area contributed by atoms with E-state index >= 15 is 0 Å². The number of hydrogen-bond donors (Lipinski definition) is 3. The highest BCUT2D eigenvalue weighted by Crippen LogP contribution is 2.14. The van der Waals surface area contributed by atoms with Crippen LogP contribution < -0.4 is 16.0 Å². The first-order valence-electron chi connectivity index (χ1n) is 10.9. The molecule has 8 nitrogen and oxygen atoms in total. The molecule has 0 aromatic heterocycles. The summed E-state index contributed by atoms with van der Waals surface area (Å²) in [5, 5.41) is 8.02. The van der Waals surface area contributed by atoms with Gasteiger partial charge in [0, 0.05) is 23.9 Å². The van der Waals surface area contributed by atoms with Gasteiger partial charge in [-0.05, 0) is 67.1 Å². The summed E-state index contributed by atoms with van der Waals surface area (Å²) in [5.41, 5.74) is 2.41. The van der Waals surface area contributed by atoms with Crippen LogP contribution in [0.4, 0.5) is 11.4 Å². The van der Waals surface area contributed by atoms with Crippen LogP contribution in [0.3, 0.4) is 0 Å². The molecule has 0 bridgehead atoms. The third-order valence-electron chi connectivity index (χ3n) is 4.72. The van der Waals surface area contributed by atoms with Crippen LogP contribution in [0, 0.1) is 0 Å². The lowest BCUT2D eigenvalue weighted by molar-refractivity contribution is -0.114. The van der Waals surface area contributed by atoms with Gasteiger partial charge < -0.3 is 20.7 Å². The average molecular weight is 472 g/mol. The molecule has 3 aromatic rings. The number of carbonyl (C=O) groups excluding carboxylic acids is 4. The molecule has 0 fully saturated rings. The number of benzene rings is 3. The molecule has 8 heteroatoms. The van der Waals surface area contributed by atoms with Crippen molar-refractivity contribution < 1.29 is 23.9 Å². The standard InChI is InChI=1S/C27H25N3O5/c1-3-35-27(34)21-11-15-23(16-12-21)29-26(33)24(17-19-7-5-4-6-8-19)30-25(32)20-9-13-22(14-10-20)28-18(2)31/h4-17H,3H2,1-2H3,(H,28,31)(H,29,33)(H,30,32). The Labute approximate surface area is 203 Å². The Morgan fingerprint density at radius 1 is 0.771 bits per heavy atom. The van der Waals surface area contributed by atoms with Crippen LogP contribution in [0.25, 0.3) is 6.08 Å². The van der Waals surface area contributed by atoms with Crippen LogP contribution in [-0.4, -0.2) is 30.3 Å². The van der Waals surface area contributed by atoms with Crippen molar-refractivity contribution in [3.63, 3.8) is 0 Å². The quantitative estimate of drug-likeness (QED) is 0.336. The van der Waals surface area contributed by atoms with Gasteiger partial charge in [-0.25, -0.2) is 4.79 Å². The maximum Gasteiger partial charge on any atom is 0.338 e. The summed E-state index contributed by atoms with van der Waals surface area (Å²) in [6.45, 7) is 3.38. The molecule has 0 spiro atoms. The van der Waals surface area contributed by atoms with Gasteiger partial charge in [0.2, 0.25) is 5.91 Å². The molecule has 0 saturated carbocycles. The molecule has 3 amide bonds. The molecule has 0 radical (unpaired) electrons. The summed E-state index contributed by atoms with van der Waals surface area (Å²) >= 11 is 0. The zero-order valence-corrected chi connectivity index (χ0v) is 19.3. The maximum atomic E-state index is 13.0. The molecule has 0 atom stereocenters. The Bertz CT molecular complexity index is 1230. The minimum Gasteiger partial charge on any atom is -0.462 e. The van der Waals surface area contributed by atoms with Gasteiger partial charge in [0.05, 0.1) is 12.2 Å². The Morgan fingerprint density at radius 2 is 1.34 bits per heavy atom. The Morgan fingerprint density at radius 3 is 1.91 bits per heavy atom. The molecular formula is C27H25N3O5. The van der Waals surface area contributed by atoms with Gasteiger partial charge >= 0.3 is 5.97 Å². The van der Waals surface area contributed by atoms with Crippen molar-refractivity contribution in [2.45, 2.75) is 13.8 Å². The molecule has 0 aliphatic heterocycles. The topological polar surface area (TPSA) is 114 Å². The van der Waals surface area contributed by atoms with Gasteiger partial charge in [-0.1, -0.05) is 30.3 Å². The first-order valence-corrected chi connectivity index (χ1v) is 10.9. The summed E-state index contributed by atoms with van der Waals surface area (Å²) in [5.74, 6) is -1.70. The number of rotatable bonds is 8. The van der Waals surface area contributed by atoms with Crippen LogP contribution in [0.1, 0.15) is 40.1 Å². The molecule has 3 aromatic carbocycles.